The summed E-state index contributed by atoms with van der Waals surface area (Å²) in [5.41, 5.74) is 1.48. The Balaban J connectivity index is 1.64. The molecule has 130 valence electrons. The van der Waals surface area contributed by atoms with Crippen LogP contribution in [0.25, 0.3) is 0 Å². The van der Waals surface area contributed by atoms with Crippen molar-refractivity contribution in [1.29, 1.82) is 0 Å². The lowest BCUT2D eigenvalue weighted by atomic mass is 10.0. The number of aryl methyl sites for hydroxylation is 1. The summed E-state index contributed by atoms with van der Waals surface area (Å²) >= 11 is 11.8. The van der Waals surface area contributed by atoms with E-state index < -0.39 is 5.41 Å². The van der Waals surface area contributed by atoms with Gasteiger partial charge < -0.3 is 10.6 Å². The second kappa shape index (κ2) is 7.06. The molecule has 2 amide bonds. The van der Waals surface area contributed by atoms with Crippen LogP contribution in [0.15, 0.2) is 42.5 Å². The van der Waals surface area contributed by atoms with Crippen molar-refractivity contribution in [3.63, 3.8) is 0 Å². The van der Waals surface area contributed by atoms with E-state index in [1.165, 1.54) is 0 Å². The summed E-state index contributed by atoms with van der Waals surface area (Å²) in [7, 11) is 0. The van der Waals surface area contributed by atoms with Gasteiger partial charge in [-0.3, -0.25) is 9.59 Å². The predicted octanol–water partition coefficient (Wildman–Crippen LogP) is 4.34. The molecule has 1 fully saturated rings. The van der Waals surface area contributed by atoms with Gasteiger partial charge in [0.25, 0.3) is 0 Å². The number of benzene rings is 2. The van der Waals surface area contributed by atoms with Gasteiger partial charge in [-0.25, -0.2) is 0 Å². The van der Waals surface area contributed by atoms with E-state index >= 15 is 0 Å². The van der Waals surface area contributed by atoms with Crippen molar-refractivity contribution in [2.45, 2.75) is 26.3 Å². The SMILES string of the molecule is Cc1ccc(Cl)cc1NC(=O)C1(C(=O)NCc2ccc(Cl)cc2)CC1. The van der Waals surface area contributed by atoms with Crippen molar-refractivity contribution < 1.29 is 9.59 Å². The van der Waals surface area contributed by atoms with E-state index in [-0.39, 0.29) is 11.8 Å². The highest BCUT2D eigenvalue weighted by molar-refractivity contribution is 6.31. The van der Waals surface area contributed by atoms with E-state index in [0.717, 1.165) is 11.1 Å². The van der Waals surface area contributed by atoms with E-state index in [0.29, 0.717) is 35.1 Å². The molecule has 0 aromatic heterocycles. The summed E-state index contributed by atoms with van der Waals surface area (Å²) in [6.07, 6.45) is 1.09. The zero-order valence-electron chi connectivity index (χ0n) is 13.7. The van der Waals surface area contributed by atoms with Gasteiger partial charge in [0.2, 0.25) is 11.8 Å². The van der Waals surface area contributed by atoms with Crippen molar-refractivity contribution in [3.8, 4) is 0 Å². The summed E-state index contributed by atoms with van der Waals surface area (Å²) in [6.45, 7) is 2.24. The van der Waals surface area contributed by atoms with Gasteiger partial charge >= 0.3 is 0 Å². The topological polar surface area (TPSA) is 58.2 Å². The Morgan fingerprint density at radius 2 is 1.64 bits per heavy atom. The molecule has 2 N–H and O–H groups in total. The number of hydrogen-bond donors (Lipinski definition) is 2. The molecule has 3 rings (SSSR count). The van der Waals surface area contributed by atoms with Crippen LogP contribution in [-0.2, 0) is 16.1 Å². The highest BCUT2D eigenvalue weighted by Crippen LogP contribution is 2.47. The molecule has 1 aliphatic rings. The lowest BCUT2D eigenvalue weighted by Crippen LogP contribution is -2.39. The fourth-order valence-electron chi connectivity index (χ4n) is 2.61. The molecule has 0 aliphatic heterocycles. The molecule has 2 aromatic carbocycles. The molecule has 0 spiro atoms. The first-order valence-corrected chi connectivity index (χ1v) is 8.77. The normalized spacial score (nSPS) is 14.7. The fraction of sp³-hybridized carbons (Fsp3) is 0.263. The summed E-state index contributed by atoms with van der Waals surface area (Å²) < 4.78 is 0. The fourth-order valence-corrected chi connectivity index (χ4v) is 2.90. The molecule has 6 heteroatoms. The van der Waals surface area contributed by atoms with Crippen LogP contribution in [-0.4, -0.2) is 11.8 Å². The highest BCUT2D eigenvalue weighted by Gasteiger charge is 2.56. The number of hydrogen-bond acceptors (Lipinski definition) is 2. The minimum absolute atomic E-state index is 0.250. The molecule has 0 atom stereocenters. The molecule has 0 unspecified atom stereocenters. The third kappa shape index (κ3) is 3.97. The maximum absolute atomic E-state index is 12.6. The van der Waals surface area contributed by atoms with Gasteiger partial charge in [0.15, 0.2) is 0 Å². The quantitative estimate of drug-likeness (QED) is 0.762. The van der Waals surface area contributed by atoms with Gasteiger partial charge in [-0.05, 0) is 55.2 Å². The van der Waals surface area contributed by atoms with Crippen molar-refractivity contribution in [3.05, 3.63) is 63.6 Å². The smallest absolute Gasteiger partial charge is 0.240 e. The minimum atomic E-state index is -0.985. The average molecular weight is 377 g/mol. The number of rotatable bonds is 5. The third-order valence-corrected chi connectivity index (χ3v) is 4.92. The molecule has 0 saturated heterocycles. The standard InChI is InChI=1S/C19H18Cl2N2O2/c1-12-2-5-15(21)10-16(12)23-18(25)19(8-9-19)17(24)22-11-13-3-6-14(20)7-4-13/h2-7,10H,8-9,11H2,1H3,(H,22,24)(H,23,25). The molecular formula is C19H18Cl2N2O2. The predicted molar refractivity (Wildman–Crippen MR) is 99.8 cm³/mol. The molecule has 0 radical (unpaired) electrons. The van der Waals surface area contributed by atoms with Gasteiger partial charge in [0.1, 0.15) is 5.41 Å². The van der Waals surface area contributed by atoms with Crippen LogP contribution in [0.2, 0.25) is 10.0 Å². The second-order valence-electron chi connectivity index (χ2n) is 6.30. The number of amides is 2. The monoisotopic (exact) mass is 376 g/mol. The largest absolute Gasteiger partial charge is 0.351 e. The first-order valence-electron chi connectivity index (χ1n) is 8.01. The Morgan fingerprint density at radius 3 is 2.28 bits per heavy atom. The van der Waals surface area contributed by atoms with Crippen LogP contribution < -0.4 is 10.6 Å². The van der Waals surface area contributed by atoms with Gasteiger partial charge in [0.05, 0.1) is 0 Å². The Morgan fingerprint density at radius 1 is 1.00 bits per heavy atom. The van der Waals surface area contributed by atoms with Crippen LogP contribution in [0.1, 0.15) is 24.0 Å². The van der Waals surface area contributed by atoms with E-state index in [2.05, 4.69) is 10.6 Å². The highest BCUT2D eigenvalue weighted by atomic mass is 35.5. The van der Waals surface area contributed by atoms with E-state index in [9.17, 15) is 9.59 Å². The number of carbonyl (C=O) groups is 2. The minimum Gasteiger partial charge on any atom is -0.351 e. The van der Waals surface area contributed by atoms with E-state index in [1.807, 2.05) is 25.1 Å². The maximum atomic E-state index is 12.6. The Bertz CT molecular complexity index is 815. The number of halogens is 2. The first-order chi connectivity index (χ1) is 11.9. The molecule has 2 aromatic rings. The first kappa shape index (κ1) is 17.8. The van der Waals surface area contributed by atoms with Crippen molar-refractivity contribution in [1.82, 2.24) is 5.32 Å². The van der Waals surface area contributed by atoms with E-state index in [4.69, 9.17) is 23.2 Å². The second-order valence-corrected chi connectivity index (χ2v) is 7.18. The maximum Gasteiger partial charge on any atom is 0.240 e. The summed E-state index contributed by atoms with van der Waals surface area (Å²) in [4.78, 5) is 25.2. The van der Waals surface area contributed by atoms with Crippen molar-refractivity contribution in [2.24, 2.45) is 5.41 Å². The van der Waals surface area contributed by atoms with Crippen LogP contribution in [0.4, 0.5) is 5.69 Å². The molecule has 0 heterocycles. The zero-order valence-corrected chi connectivity index (χ0v) is 15.2. The Hall–Kier alpha value is -2.04. The number of nitrogens with one attached hydrogen (secondary N) is 2. The Labute approximate surface area is 156 Å². The lowest BCUT2D eigenvalue weighted by molar-refractivity contribution is -0.134. The van der Waals surface area contributed by atoms with Gasteiger partial charge in [-0.2, -0.15) is 0 Å². The molecule has 25 heavy (non-hydrogen) atoms. The summed E-state index contributed by atoms with van der Waals surface area (Å²) in [5.74, 6) is -0.536. The van der Waals surface area contributed by atoms with Gasteiger partial charge in [-0.1, -0.05) is 41.4 Å². The summed E-state index contributed by atoms with van der Waals surface area (Å²) in [6, 6.07) is 12.5. The van der Waals surface area contributed by atoms with Crippen LogP contribution in [0.3, 0.4) is 0 Å². The Kier molecular flexibility index (Phi) is 5.02. The molecule has 1 aliphatic carbocycles. The van der Waals surface area contributed by atoms with Gasteiger partial charge in [0, 0.05) is 22.3 Å². The van der Waals surface area contributed by atoms with Crippen molar-refractivity contribution >= 4 is 40.7 Å². The molecular weight excluding hydrogens is 359 g/mol. The lowest BCUT2D eigenvalue weighted by Gasteiger charge is -2.16. The van der Waals surface area contributed by atoms with Gasteiger partial charge in [-0.15, -0.1) is 0 Å². The van der Waals surface area contributed by atoms with Crippen LogP contribution >= 0.6 is 23.2 Å². The third-order valence-electron chi connectivity index (χ3n) is 4.43. The number of anilines is 1. The molecule has 0 bridgehead atoms. The number of carbonyl (C=O) groups excluding carboxylic acids is 2. The zero-order chi connectivity index (χ0) is 18.0. The van der Waals surface area contributed by atoms with Crippen LogP contribution in [0, 0.1) is 12.3 Å². The summed E-state index contributed by atoms with van der Waals surface area (Å²) in [5, 5.41) is 6.87. The van der Waals surface area contributed by atoms with E-state index in [1.54, 1.807) is 24.3 Å². The molecule has 1 saturated carbocycles. The van der Waals surface area contributed by atoms with Crippen LogP contribution in [0.5, 0.6) is 0 Å². The van der Waals surface area contributed by atoms with Crippen molar-refractivity contribution in [2.75, 3.05) is 5.32 Å². The average Bonchev–Trinajstić information content (AvgIpc) is 3.39. The molecule has 4 nitrogen and oxygen atoms in total.